The smallest absolute Gasteiger partial charge is 0.225 e. The first-order valence-electron chi connectivity index (χ1n) is 14.1. The zero-order valence-electron chi connectivity index (χ0n) is 22.4. The predicted molar refractivity (Wildman–Crippen MR) is 150 cm³/mol. The Morgan fingerprint density at radius 1 is 1.00 bits per heavy atom. The predicted octanol–water partition coefficient (Wildman–Crippen LogP) is 3.83. The second-order valence-corrected chi connectivity index (χ2v) is 11.1. The number of H-pyrrole nitrogens is 1. The fraction of sp³-hybridized carbons (Fsp3) is 0.433. The summed E-state index contributed by atoms with van der Waals surface area (Å²) in [4.78, 5) is 41.2. The molecule has 1 N–H and O–H groups in total. The maximum absolute atomic E-state index is 12.4. The van der Waals surface area contributed by atoms with Gasteiger partial charge < -0.3 is 14.8 Å². The molecule has 1 amide bonds. The summed E-state index contributed by atoms with van der Waals surface area (Å²) in [5.74, 6) is 2.55. The zero-order chi connectivity index (χ0) is 26.3. The van der Waals surface area contributed by atoms with E-state index < -0.39 is 0 Å². The Morgan fingerprint density at radius 2 is 1.85 bits per heavy atom. The molecule has 0 bridgehead atoms. The number of pyridine rings is 1. The topological polar surface area (TPSA) is 94.1 Å². The Balaban J connectivity index is 1.03. The van der Waals surface area contributed by atoms with Crippen molar-refractivity contribution in [3.8, 4) is 11.3 Å². The number of anilines is 1. The van der Waals surface area contributed by atoms with Crippen LogP contribution in [0.3, 0.4) is 0 Å². The minimum Gasteiger partial charge on any atom is -0.356 e. The van der Waals surface area contributed by atoms with Crippen LogP contribution in [0.5, 0.6) is 0 Å². The van der Waals surface area contributed by atoms with Crippen LogP contribution in [0.25, 0.3) is 22.3 Å². The van der Waals surface area contributed by atoms with Crippen molar-refractivity contribution < 1.29 is 4.79 Å². The van der Waals surface area contributed by atoms with Gasteiger partial charge in [-0.25, -0.2) is 15.0 Å². The van der Waals surface area contributed by atoms with Crippen molar-refractivity contribution in [2.24, 2.45) is 5.92 Å². The van der Waals surface area contributed by atoms with E-state index in [9.17, 15) is 4.79 Å². The fourth-order valence-electron chi connectivity index (χ4n) is 5.68. The minimum absolute atomic E-state index is 0.275. The second kappa shape index (κ2) is 10.0. The monoisotopic (exact) mass is 522 g/mol. The number of aromatic amines is 1. The summed E-state index contributed by atoms with van der Waals surface area (Å²) in [6, 6.07) is 12.9. The van der Waals surface area contributed by atoms with Crippen molar-refractivity contribution in [2.75, 3.05) is 44.2 Å². The Labute approximate surface area is 228 Å². The number of aromatic nitrogens is 5. The molecule has 3 fully saturated rings. The summed E-state index contributed by atoms with van der Waals surface area (Å²) in [5.41, 5.74) is 6.16. The lowest BCUT2D eigenvalue weighted by molar-refractivity contribution is -0.134. The van der Waals surface area contributed by atoms with Crippen LogP contribution in [-0.2, 0) is 11.2 Å². The largest absolute Gasteiger partial charge is 0.356 e. The molecule has 2 aliphatic heterocycles. The number of nitrogens with zero attached hydrogens (tertiary/aromatic N) is 7. The molecule has 1 aromatic carbocycles. The lowest BCUT2D eigenvalue weighted by atomic mass is 10.1. The van der Waals surface area contributed by atoms with Gasteiger partial charge in [-0.3, -0.25) is 14.7 Å². The first kappa shape index (κ1) is 24.2. The van der Waals surface area contributed by atoms with E-state index in [0.29, 0.717) is 18.2 Å². The molecule has 3 aromatic heterocycles. The number of imidazole rings is 1. The van der Waals surface area contributed by atoms with Crippen LogP contribution in [0.15, 0.2) is 48.9 Å². The molecule has 0 spiro atoms. The van der Waals surface area contributed by atoms with Crippen LogP contribution in [0.1, 0.15) is 49.3 Å². The van der Waals surface area contributed by atoms with E-state index >= 15 is 0 Å². The van der Waals surface area contributed by atoms with Crippen molar-refractivity contribution in [1.29, 1.82) is 0 Å². The molecule has 3 aliphatic rings. The number of amides is 1. The summed E-state index contributed by atoms with van der Waals surface area (Å²) in [6.45, 7) is 7.85. The molecule has 5 heterocycles. The molecule has 4 aromatic rings. The molecule has 9 heteroatoms. The fourth-order valence-corrected chi connectivity index (χ4v) is 5.68. The number of carbonyl (C=O) groups is 1. The van der Waals surface area contributed by atoms with Crippen molar-refractivity contribution >= 4 is 22.8 Å². The summed E-state index contributed by atoms with van der Waals surface area (Å²) in [5, 5.41) is 0. The molecule has 7 rings (SSSR count). The van der Waals surface area contributed by atoms with Gasteiger partial charge in [-0.2, -0.15) is 0 Å². The Hall–Kier alpha value is -3.85. The molecule has 0 radical (unpaired) electrons. The third-order valence-corrected chi connectivity index (χ3v) is 8.43. The third-order valence-electron chi connectivity index (χ3n) is 8.43. The van der Waals surface area contributed by atoms with Crippen LogP contribution in [0.2, 0.25) is 0 Å². The molecule has 1 saturated carbocycles. The standard InChI is InChI=1S/C30H34N8O/c1-20(36-11-13-38(14-12-36)30(39)21-3-4-21)22-7-8-31-24(15-22)17-28-34-25-6-5-23(16-27(25)35-28)26-18-29(33-19-32-26)37-9-2-10-37/h5-8,15-16,18-21H,2-4,9-14,17H2,1H3,(H,34,35). The average molecular weight is 523 g/mol. The van der Waals surface area contributed by atoms with Gasteiger partial charge in [0.25, 0.3) is 0 Å². The Morgan fingerprint density at radius 3 is 2.62 bits per heavy atom. The number of hydrogen-bond donors (Lipinski definition) is 1. The highest BCUT2D eigenvalue weighted by molar-refractivity contribution is 5.82. The van der Waals surface area contributed by atoms with Crippen molar-refractivity contribution in [2.45, 2.75) is 38.6 Å². The number of fused-ring (bicyclic) bond motifs is 1. The summed E-state index contributed by atoms with van der Waals surface area (Å²) >= 11 is 0. The van der Waals surface area contributed by atoms with Gasteiger partial charge in [0.05, 0.1) is 16.7 Å². The zero-order valence-corrected chi connectivity index (χ0v) is 22.4. The molecule has 1 atom stereocenters. The number of carbonyl (C=O) groups excluding carboxylic acids is 1. The highest BCUT2D eigenvalue weighted by atomic mass is 16.2. The molecular formula is C30H34N8O. The minimum atomic E-state index is 0.275. The van der Waals surface area contributed by atoms with E-state index in [1.54, 1.807) is 6.33 Å². The van der Waals surface area contributed by atoms with Gasteiger partial charge in [0.15, 0.2) is 0 Å². The van der Waals surface area contributed by atoms with Crippen molar-refractivity contribution in [3.63, 3.8) is 0 Å². The van der Waals surface area contributed by atoms with Crippen LogP contribution >= 0.6 is 0 Å². The van der Waals surface area contributed by atoms with E-state index in [2.05, 4.69) is 78.0 Å². The number of rotatable bonds is 7. The summed E-state index contributed by atoms with van der Waals surface area (Å²) < 4.78 is 0. The molecule has 39 heavy (non-hydrogen) atoms. The van der Waals surface area contributed by atoms with Crippen LogP contribution in [0.4, 0.5) is 5.82 Å². The first-order valence-corrected chi connectivity index (χ1v) is 14.1. The molecular weight excluding hydrogens is 488 g/mol. The van der Waals surface area contributed by atoms with Gasteiger partial charge in [0.2, 0.25) is 5.91 Å². The highest BCUT2D eigenvalue weighted by Crippen LogP contribution is 2.32. The lowest BCUT2D eigenvalue weighted by Crippen LogP contribution is -2.49. The summed E-state index contributed by atoms with van der Waals surface area (Å²) in [6.07, 6.45) is 7.56. The van der Waals surface area contributed by atoms with Gasteiger partial charge in [0.1, 0.15) is 18.0 Å². The third kappa shape index (κ3) is 4.98. The van der Waals surface area contributed by atoms with Gasteiger partial charge in [-0.1, -0.05) is 6.07 Å². The Bertz CT molecular complexity index is 1500. The van der Waals surface area contributed by atoms with Gasteiger partial charge >= 0.3 is 0 Å². The molecule has 200 valence electrons. The average Bonchev–Trinajstić information content (AvgIpc) is 3.71. The summed E-state index contributed by atoms with van der Waals surface area (Å²) in [7, 11) is 0. The number of hydrogen-bond acceptors (Lipinski definition) is 7. The number of nitrogens with one attached hydrogen (secondary N) is 1. The van der Waals surface area contributed by atoms with E-state index in [4.69, 9.17) is 4.98 Å². The quantitative estimate of drug-likeness (QED) is 0.394. The molecule has 9 nitrogen and oxygen atoms in total. The van der Waals surface area contributed by atoms with Crippen molar-refractivity contribution in [1.82, 2.24) is 34.7 Å². The maximum atomic E-state index is 12.4. The van der Waals surface area contributed by atoms with Gasteiger partial charge in [-0.15, -0.1) is 0 Å². The number of piperazine rings is 1. The normalized spacial score (nSPS) is 18.8. The van der Waals surface area contributed by atoms with Gasteiger partial charge in [0, 0.05) is 81.2 Å². The van der Waals surface area contributed by atoms with Crippen LogP contribution < -0.4 is 4.90 Å². The molecule has 1 unspecified atom stereocenters. The van der Waals surface area contributed by atoms with E-state index in [1.165, 1.54) is 12.0 Å². The first-order chi connectivity index (χ1) is 19.1. The van der Waals surface area contributed by atoms with Crippen LogP contribution in [-0.4, -0.2) is 79.9 Å². The SMILES string of the molecule is CC(c1ccnc(Cc2nc3ccc(-c4cc(N5CCC5)ncn4)cc3[nH]2)c1)N1CCN(C(=O)C2CC2)CC1. The molecule has 1 aliphatic carbocycles. The van der Waals surface area contributed by atoms with Crippen molar-refractivity contribution in [3.05, 3.63) is 66.0 Å². The highest BCUT2D eigenvalue weighted by Gasteiger charge is 2.35. The maximum Gasteiger partial charge on any atom is 0.225 e. The van der Waals surface area contributed by atoms with Gasteiger partial charge in [-0.05, 0) is 56.0 Å². The van der Waals surface area contributed by atoms with E-state index in [-0.39, 0.29) is 6.04 Å². The van der Waals surface area contributed by atoms with E-state index in [1.807, 2.05) is 6.20 Å². The second-order valence-electron chi connectivity index (χ2n) is 11.1. The number of benzene rings is 1. The van der Waals surface area contributed by atoms with Crippen LogP contribution in [0, 0.1) is 5.92 Å². The Kier molecular flexibility index (Phi) is 6.23. The lowest BCUT2D eigenvalue weighted by Gasteiger charge is -2.38. The molecule has 2 saturated heterocycles. The van der Waals surface area contributed by atoms with E-state index in [0.717, 1.165) is 91.7 Å².